The summed E-state index contributed by atoms with van der Waals surface area (Å²) in [5.41, 5.74) is -0.815. The zero-order valence-electron chi connectivity index (χ0n) is 11.7. The molecule has 0 saturated carbocycles. The number of carbonyl (C=O) groups excluding carboxylic acids is 1. The second kappa shape index (κ2) is 5.39. The van der Waals surface area contributed by atoms with Gasteiger partial charge >= 0.3 is 5.97 Å². The number of nitro benzene ring substituents is 1. The van der Waals surface area contributed by atoms with Gasteiger partial charge in [-0.3, -0.25) is 14.9 Å². The van der Waals surface area contributed by atoms with Gasteiger partial charge in [-0.15, -0.1) is 0 Å². The minimum absolute atomic E-state index is 0.121. The van der Waals surface area contributed by atoms with Gasteiger partial charge in [-0.25, -0.2) is 4.79 Å². The summed E-state index contributed by atoms with van der Waals surface area (Å²) in [4.78, 5) is 35.2. The van der Waals surface area contributed by atoms with E-state index in [4.69, 9.17) is 14.6 Å². The molecule has 1 aromatic carbocycles. The number of hydrogen-bond acceptors (Lipinski definition) is 7. The number of nitrogens with zero attached hydrogens (tertiary/aromatic N) is 2. The number of β-amino-alcohol motifs (C(OH)–C–C–N with tert-alkyl or cyclic N) is 1. The molecule has 3 rings (SSSR count). The van der Waals surface area contributed by atoms with Crippen LogP contribution >= 0.6 is 0 Å². The quantitative estimate of drug-likeness (QED) is 0.584. The number of carboxylic acids is 1. The minimum Gasteiger partial charge on any atom is -0.480 e. The molecule has 0 aliphatic carbocycles. The second-order valence-electron chi connectivity index (χ2n) is 5.18. The predicted molar refractivity (Wildman–Crippen MR) is 72.3 cm³/mol. The average molecular weight is 324 g/mol. The third kappa shape index (κ3) is 2.52. The van der Waals surface area contributed by atoms with Crippen LogP contribution in [-0.2, 0) is 4.79 Å². The standard InChI is InChI=1S/C13H12N2O8/c16-6-1-9(13(18)19)14(4-6)12(17)7-2-10-11(23-5-22-10)3-8(7)15(20)21/h2-3,6,9,16H,1,4-5H2,(H,18,19)/t6-,9+/m1/s1. The largest absolute Gasteiger partial charge is 0.480 e. The van der Waals surface area contributed by atoms with Crippen molar-refractivity contribution in [1.82, 2.24) is 4.90 Å². The summed E-state index contributed by atoms with van der Waals surface area (Å²) in [6.07, 6.45) is -1.12. The molecule has 2 aliphatic rings. The third-order valence-electron chi connectivity index (χ3n) is 3.74. The zero-order chi connectivity index (χ0) is 16.7. The van der Waals surface area contributed by atoms with E-state index in [0.29, 0.717) is 0 Å². The molecule has 0 aromatic heterocycles. The molecule has 2 heterocycles. The number of fused-ring (bicyclic) bond motifs is 1. The van der Waals surface area contributed by atoms with Crippen molar-refractivity contribution in [3.63, 3.8) is 0 Å². The molecule has 0 bridgehead atoms. The second-order valence-corrected chi connectivity index (χ2v) is 5.18. The first-order valence-corrected chi connectivity index (χ1v) is 6.68. The van der Waals surface area contributed by atoms with Gasteiger partial charge in [0.05, 0.1) is 17.1 Å². The van der Waals surface area contributed by atoms with Crippen LogP contribution in [0.4, 0.5) is 5.69 Å². The molecule has 10 nitrogen and oxygen atoms in total. The minimum atomic E-state index is -1.28. The molecule has 0 unspecified atom stereocenters. The molecule has 2 atom stereocenters. The van der Waals surface area contributed by atoms with E-state index in [2.05, 4.69) is 0 Å². The lowest BCUT2D eigenvalue weighted by Crippen LogP contribution is -2.40. The van der Waals surface area contributed by atoms with Crippen LogP contribution in [0.1, 0.15) is 16.8 Å². The Hall–Kier alpha value is -2.88. The van der Waals surface area contributed by atoms with Gasteiger partial charge in [-0.05, 0) is 0 Å². The van der Waals surface area contributed by atoms with Crippen LogP contribution in [0, 0.1) is 10.1 Å². The number of aliphatic hydroxyl groups excluding tert-OH is 1. The number of carbonyl (C=O) groups is 2. The Morgan fingerprint density at radius 2 is 1.96 bits per heavy atom. The van der Waals surface area contributed by atoms with Crippen molar-refractivity contribution in [2.45, 2.75) is 18.6 Å². The van der Waals surface area contributed by atoms with Crippen molar-refractivity contribution < 1.29 is 34.2 Å². The highest BCUT2D eigenvalue weighted by Gasteiger charge is 2.41. The Balaban J connectivity index is 2.02. The Bertz CT molecular complexity index is 703. The van der Waals surface area contributed by atoms with E-state index in [1.807, 2.05) is 0 Å². The summed E-state index contributed by atoms with van der Waals surface area (Å²) in [5, 5.41) is 30.0. The number of nitro groups is 1. The summed E-state index contributed by atoms with van der Waals surface area (Å²) in [6.45, 7) is -0.328. The summed E-state index contributed by atoms with van der Waals surface area (Å²) in [7, 11) is 0. The number of amides is 1. The molecular weight excluding hydrogens is 312 g/mol. The maximum Gasteiger partial charge on any atom is 0.326 e. The summed E-state index contributed by atoms with van der Waals surface area (Å²) >= 11 is 0. The molecule has 1 aromatic rings. The van der Waals surface area contributed by atoms with Crippen molar-refractivity contribution in [2.75, 3.05) is 13.3 Å². The van der Waals surface area contributed by atoms with E-state index in [9.17, 15) is 24.8 Å². The SMILES string of the molecule is O=C(O)[C@@H]1C[C@@H](O)CN1C(=O)c1cc2c(cc1[N+](=O)[O-])OCO2. The lowest BCUT2D eigenvalue weighted by atomic mass is 10.1. The van der Waals surface area contributed by atoms with Gasteiger partial charge < -0.3 is 24.6 Å². The van der Waals surface area contributed by atoms with Crippen molar-refractivity contribution in [3.05, 3.63) is 27.8 Å². The first-order chi connectivity index (χ1) is 10.9. The van der Waals surface area contributed by atoms with Gasteiger partial charge in [0.15, 0.2) is 11.5 Å². The molecular formula is C13H12N2O8. The molecule has 23 heavy (non-hydrogen) atoms. The molecule has 2 N–H and O–H groups in total. The maximum atomic E-state index is 12.6. The number of likely N-dealkylation sites (tertiary alicyclic amines) is 1. The molecule has 2 aliphatic heterocycles. The van der Waals surface area contributed by atoms with Crippen molar-refractivity contribution in [3.8, 4) is 11.5 Å². The molecule has 1 amide bonds. The lowest BCUT2D eigenvalue weighted by Gasteiger charge is -2.21. The maximum absolute atomic E-state index is 12.6. The number of ether oxygens (including phenoxy) is 2. The highest BCUT2D eigenvalue weighted by Crippen LogP contribution is 2.39. The van der Waals surface area contributed by atoms with Crippen LogP contribution in [0.15, 0.2) is 12.1 Å². The van der Waals surface area contributed by atoms with Gasteiger partial charge in [0.25, 0.3) is 11.6 Å². The van der Waals surface area contributed by atoms with Gasteiger partial charge in [0, 0.05) is 19.0 Å². The van der Waals surface area contributed by atoms with Crippen LogP contribution < -0.4 is 9.47 Å². The van der Waals surface area contributed by atoms with Crippen LogP contribution in [0.5, 0.6) is 11.5 Å². The molecule has 122 valence electrons. The van der Waals surface area contributed by atoms with Crippen molar-refractivity contribution in [1.29, 1.82) is 0 Å². The Morgan fingerprint density at radius 1 is 1.30 bits per heavy atom. The summed E-state index contributed by atoms with van der Waals surface area (Å²) in [5.74, 6) is -1.81. The zero-order valence-corrected chi connectivity index (χ0v) is 11.7. The monoisotopic (exact) mass is 324 g/mol. The fourth-order valence-electron chi connectivity index (χ4n) is 2.68. The average Bonchev–Trinajstić information content (AvgIpc) is 3.10. The van der Waals surface area contributed by atoms with Crippen LogP contribution in [-0.4, -0.2) is 57.4 Å². The first-order valence-electron chi connectivity index (χ1n) is 6.68. The van der Waals surface area contributed by atoms with E-state index in [-0.39, 0.29) is 36.8 Å². The topological polar surface area (TPSA) is 139 Å². The van der Waals surface area contributed by atoms with Gasteiger partial charge in [-0.1, -0.05) is 0 Å². The smallest absolute Gasteiger partial charge is 0.326 e. The number of rotatable bonds is 3. The molecule has 0 spiro atoms. The van der Waals surface area contributed by atoms with Crippen LogP contribution in [0.2, 0.25) is 0 Å². The fourth-order valence-corrected chi connectivity index (χ4v) is 2.68. The van der Waals surface area contributed by atoms with E-state index in [1.54, 1.807) is 0 Å². The fraction of sp³-hybridized carbons (Fsp3) is 0.385. The number of aliphatic hydroxyl groups is 1. The third-order valence-corrected chi connectivity index (χ3v) is 3.74. The molecule has 0 radical (unpaired) electrons. The summed E-state index contributed by atoms with van der Waals surface area (Å²) in [6, 6.07) is 0.993. The number of hydrogen-bond donors (Lipinski definition) is 2. The number of benzene rings is 1. The first kappa shape index (κ1) is 15.0. The number of carboxylic acid groups (broad SMARTS) is 1. The normalized spacial score (nSPS) is 22.2. The highest BCUT2D eigenvalue weighted by atomic mass is 16.7. The van der Waals surface area contributed by atoms with Gasteiger partial charge in [0.2, 0.25) is 6.79 Å². The Labute approximate surface area is 129 Å². The van der Waals surface area contributed by atoms with Gasteiger partial charge in [-0.2, -0.15) is 0 Å². The summed E-state index contributed by atoms with van der Waals surface area (Å²) < 4.78 is 10.1. The predicted octanol–water partition coefficient (Wildman–Crippen LogP) is -0.0165. The van der Waals surface area contributed by atoms with Gasteiger partial charge in [0.1, 0.15) is 11.6 Å². The molecule has 10 heteroatoms. The Kier molecular flexibility index (Phi) is 3.52. The number of aliphatic carboxylic acids is 1. The van der Waals surface area contributed by atoms with E-state index in [1.165, 1.54) is 0 Å². The van der Waals surface area contributed by atoms with Crippen molar-refractivity contribution in [2.24, 2.45) is 0 Å². The Morgan fingerprint density at radius 3 is 2.57 bits per heavy atom. The van der Waals surface area contributed by atoms with E-state index < -0.39 is 34.6 Å². The lowest BCUT2D eigenvalue weighted by molar-refractivity contribution is -0.385. The van der Waals surface area contributed by atoms with Crippen LogP contribution in [0.3, 0.4) is 0 Å². The molecule has 1 saturated heterocycles. The van der Waals surface area contributed by atoms with E-state index in [0.717, 1.165) is 17.0 Å². The van der Waals surface area contributed by atoms with Crippen molar-refractivity contribution >= 4 is 17.6 Å². The molecule has 1 fully saturated rings. The van der Waals surface area contributed by atoms with Crippen LogP contribution in [0.25, 0.3) is 0 Å². The highest BCUT2D eigenvalue weighted by molar-refractivity contribution is 6.01. The van der Waals surface area contributed by atoms with E-state index >= 15 is 0 Å².